The van der Waals surface area contributed by atoms with Crippen LogP contribution in [0.1, 0.15) is 13.8 Å². The molecular weight excluding hydrogens is 148 g/mol. The maximum absolute atomic E-state index is 10.8. The highest BCUT2D eigenvalue weighted by Crippen LogP contribution is 2.14. The third kappa shape index (κ3) is 1.64. The first-order chi connectivity index (χ1) is 5.13. The zero-order valence-corrected chi connectivity index (χ0v) is 6.49. The fourth-order valence-electron chi connectivity index (χ4n) is 1.02. The lowest BCUT2D eigenvalue weighted by Crippen LogP contribution is -2.34. The van der Waals surface area contributed by atoms with Crippen molar-refractivity contribution in [1.82, 2.24) is 0 Å². The molecule has 1 aliphatic rings. The normalized spacial score (nSPS) is 30.4. The largest absolute Gasteiger partial charge is 0.341 e. The number of hydrogen-bond acceptors (Lipinski definition) is 4. The Hall–Kier alpha value is -0.740. The Labute approximate surface area is 64.5 Å². The molecule has 0 bridgehead atoms. The molecule has 0 saturated carbocycles. The van der Waals surface area contributed by atoms with Gasteiger partial charge in [0, 0.05) is 0 Å². The van der Waals surface area contributed by atoms with Crippen LogP contribution in [0.3, 0.4) is 0 Å². The summed E-state index contributed by atoms with van der Waals surface area (Å²) in [6, 6.07) is 0. The third-order valence-electron chi connectivity index (χ3n) is 1.57. The van der Waals surface area contributed by atoms with Crippen LogP contribution in [-0.4, -0.2) is 30.6 Å². The predicted octanol–water partition coefficient (Wildman–Crippen LogP) is -0.0941. The van der Waals surface area contributed by atoms with Crippen LogP contribution in [0.15, 0.2) is 0 Å². The van der Waals surface area contributed by atoms with Gasteiger partial charge in [-0.15, -0.1) is 0 Å². The van der Waals surface area contributed by atoms with Gasteiger partial charge in [-0.3, -0.25) is 9.59 Å². The van der Waals surface area contributed by atoms with Crippen molar-refractivity contribution >= 4 is 11.6 Å². The van der Waals surface area contributed by atoms with Crippen LogP contribution in [0.25, 0.3) is 0 Å². The van der Waals surface area contributed by atoms with Gasteiger partial charge in [-0.05, 0) is 13.8 Å². The van der Waals surface area contributed by atoms with Crippen molar-refractivity contribution < 1.29 is 19.1 Å². The number of carbonyl (C=O) groups excluding carboxylic acids is 2. The molecule has 0 radical (unpaired) electrons. The molecule has 0 amide bonds. The number of carbonyl (C=O) groups is 2. The molecule has 4 nitrogen and oxygen atoms in total. The highest BCUT2D eigenvalue weighted by molar-refractivity contribution is 5.91. The van der Waals surface area contributed by atoms with E-state index < -0.39 is 12.2 Å². The molecule has 0 spiro atoms. The van der Waals surface area contributed by atoms with Gasteiger partial charge in [0.05, 0.1) is 0 Å². The Morgan fingerprint density at radius 2 is 1.45 bits per heavy atom. The van der Waals surface area contributed by atoms with Gasteiger partial charge >= 0.3 is 0 Å². The molecule has 2 atom stereocenters. The number of Topliss-reactive ketones (excluding diaryl/α,β-unsaturated/α-hetero) is 2. The van der Waals surface area contributed by atoms with Crippen LogP contribution in [-0.2, 0) is 19.1 Å². The fourth-order valence-corrected chi connectivity index (χ4v) is 1.02. The molecule has 62 valence electrons. The first kappa shape index (κ1) is 8.36. The lowest BCUT2D eigenvalue weighted by atomic mass is 10.1. The molecule has 0 N–H and O–H groups in total. The molecular formula is C7H10O4. The lowest BCUT2D eigenvalue weighted by Gasteiger charge is -2.09. The fraction of sp³-hybridized carbons (Fsp3) is 0.714. The van der Waals surface area contributed by atoms with Gasteiger partial charge in [0.1, 0.15) is 6.79 Å². The van der Waals surface area contributed by atoms with Crippen LogP contribution in [0.5, 0.6) is 0 Å². The molecule has 1 rings (SSSR count). The van der Waals surface area contributed by atoms with Crippen molar-refractivity contribution in [3.8, 4) is 0 Å². The summed E-state index contributed by atoms with van der Waals surface area (Å²) < 4.78 is 9.79. The molecule has 4 heteroatoms. The van der Waals surface area contributed by atoms with E-state index in [1.165, 1.54) is 13.8 Å². The molecule has 1 heterocycles. The standard InChI is InChI=1S/C7H10O4/c1-4(8)6-7(5(2)9)11-3-10-6/h6-7H,3H2,1-2H3/t6-,7?/m0/s1. The zero-order chi connectivity index (χ0) is 8.43. The Kier molecular flexibility index (Phi) is 2.36. The summed E-state index contributed by atoms with van der Waals surface area (Å²) in [4.78, 5) is 21.6. The average Bonchev–Trinajstić information content (AvgIpc) is 2.32. The highest BCUT2D eigenvalue weighted by Gasteiger charge is 2.35. The molecule has 1 fully saturated rings. The van der Waals surface area contributed by atoms with Gasteiger partial charge < -0.3 is 9.47 Å². The Morgan fingerprint density at radius 3 is 1.73 bits per heavy atom. The minimum Gasteiger partial charge on any atom is -0.341 e. The second-order valence-electron chi connectivity index (χ2n) is 2.51. The van der Waals surface area contributed by atoms with Crippen LogP contribution in [0.4, 0.5) is 0 Å². The minimum absolute atomic E-state index is 0.0362. The molecule has 0 aromatic rings. The van der Waals surface area contributed by atoms with Gasteiger partial charge in [-0.25, -0.2) is 0 Å². The monoisotopic (exact) mass is 158 g/mol. The average molecular weight is 158 g/mol. The summed E-state index contributed by atoms with van der Waals surface area (Å²) in [5.74, 6) is -0.328. The van der Waals surface area contributed by atoms with Gasteiger partial charge in [0.25, 0.3) is 0 Å². The van der Waals surface area contributed by atoms with Crippen molar-refractivity contribution in [2.24, 2.45) is 0 Å². The van der Waals surface area contributed by atoms with E-state index in [0.717, 1.165) is 0 Å². The molecule has 1 unspecified atom stereocenters. The first-order valence-electron chi connectivity index (χ1n) is 3.37. The molecule has 0 aromatic heterocycles. The van der Waals surface area contributed by atoms with E-state index in [-0.39, 0.29) is 18.4 Å². The van der Waals surface area contributed by atoms with Crippen LogP contribution in [0, 0.1) is 0 Å². The zero-order valence-electron chi connectivity index (χ0n) is 6.49. The summed E-state index contributed by atoms with van der Waals surface area (Å²) in [5, 5.41) is 0. The smallest absolute Gasteiger partial charge is 0.161 e. The molecule has 0 aliphatic carbocycles. The first-order valence-corrected chi connectivity index (χ1v) is 3.37. The van der Waals surface area contributed by atoms with Crippen LogP contribution >= 0.6 is 0 Å². The van der Waals surface area contributed by atoms with E-state index in [9.17, 15) is 9.59 Å². The summed E-state index contributed by atoms with van der Waals surface area (Å²) in [6.07, 6.45) is -1.38. The lowest BCUT2D eigenvalue weighted by molar-refractivity contribution is -0.132. The highest BCUT2D eigenvalue weighted by atomic mass is 16.7. The summed E-state index contributed by atoms with van der Waals surface area (Å²) in [5.41, 5.74) is 0. The van der Waals surface area contributed by atoms with E-state index in [0.29, 0.717) is 0 Å². The predicted molar refractivity (Wildman–Crippen MR) is 36.0 cm³/mol. The molecule has 11 heavy (non-hydrogen) atoms. The summed E-state index contributed by atoms with van der Waals surface area (Å²) in [7, 11) is 0. The Morgan fingerprint density at radius 1 is 1.09 bits per heavy atom. The Bertz CT molecular complexity index is 167. The number of ketones is 2. The second-order valence-corrected chi connectivity index (χ2v) is 2.51. The maximum Gasteiger partial charge on any atom is 0.161 e. The topological polar surface area (TPSA) is 52.6 Å². The van der Waals surface area contributed by atoms with E-state index in [1.807, 2.05) is 0 Å². The number of rotatable bonds is 2. The van der Waals surface area contributed by atoms with Crippen molar-refractivity contribution in [3.05, 3.63) is 0 Å². The summed E-state index contributed by atoms with van der Waals surface area (Å²) in [6.45, 7) is 2.80. The molecule has 1 saturated heterocycles. The minimum atomic E-state index is -0.688. The number of hydrogen-bond donors (Lipinski definition) is 0. The van der Waals surface area contributed by atoms with Crippen molar-refractivity contribution in [2.75, 3.05) is 6.79 Å². The van der Waals surface area contributed by atoms with Crippen LogP contribution in [0.2, 0.25) is 0 Å². The van der Waals surface area contributed by atoms with Gasteiger partial charge in [0.2, 0.25) is 0 Å². The van der Waals surface area contributed by atoms with E-state index in [4.69, 9.17) is 9.47 Å². The van der Waals surface area contributed by atoms with Crippen molar-refractivity contribution in [3.63, 3.8) is 0 Å². The van der Waals surface area contributed by atoms with E-state index >= 15 is 0 Å². The maximum atomic E-state index is 10.8. The van der Waals surface area contributed by atoms with E-state index in [2.05, 4.69) is 0 Å². The van der Waals surface area contributed by atoms with Crippen molar-refractivity contribution in [1.29, 1.82) is 0 Å². The molecule has 1 aliphatic heterocycles. The van der Waals surface area contributed by atoms with Crippen molar-refractivity contribution in [2.45, 2.75) is 26.1 Å². The molecule has 0 aromatic carbocycles. The quantitative estimate of drug-likeness (QED) is 0.563. The van der Waals surface area contributed by atoms with Gasteiger partial charge in [0.15, 0.2) is 23.8 Å². The van der Waals surface area contributed by atoms with Gasteiger partial charge in [-0.2, -0.15) is 0 Å². The third-order valence-corrected chi connectivity index (χ3v) is 1.57. The van der Waals surface area contributed by atoms with Crippen LogP contribution < -0.4 is 0 Å². The summed E-state index contributed by atoms with van der Waals surface area (Å²) >= 11 is 0. The van der Waals surface area contributed by atoms with E-state index in [1.54, 1.807) is 0 Å². The number of ether oxygens (including phenoxy) is 2. The SMILES string of the molecule is CC(=O)C1OCO[C@H]1C(C)=O. The van der Waals surface area contributed by atoms with Gasteiger partial charge in [-0.1, -0.05) is 0 Å². The Balaban J connectivity index is 2.65. The second kappa shape index (κ2) is 3.11.